The van der Waals surface area contributed by atoms with Crippen LogP contribution in [-0.2, 0) is 5.60 Å². The van der Waals surface area contributed by atoms with Crippen LogP contribution in [-0.4, -0.2) is 10.1 Å². The maximum absolute atomic E-state index is 10.7. The van der Waals surface area contributed by atoms with Crippen molar-refractivity contribution in [1.29, 1.82) is 0 Å². The van der Waals surface area contributed by atoms with E-state index >= 15 is 0 Å². The van der Waals surface area contributed by atoms with E-state index < -0.39 is 5.60 Å². The summed E-state index contributed by atoms with van der Waals surface area (Å²) < 4.78 is 0. The molecule has 0 saturated carbocycles. The second-order valence-electron chi connectivity index (χ2n) is 4.85. The van der Waals surface area contributed by atoms with E-state index in [1.165, 1.54) is 16.9 Å². The summed E-state index contributed by atoms with van der Waals surface area (Å²) in [7, 11) is 0. The predicted octanol–water partition coefficient (Wildman–Crippen LogP) is 4.07. The van der Waals surface area contributed by atoms with Crippen molar-refractivity contribution in [1.82, 2.24) is 4.98 Å². The molecule has 0 bridgehead atoms. The number of aromatic nitrogens is 1. The largest absolute Gasteiger partial charge is 0.378 e. The normalized spacial score (nSPS) is 13.9. The topological polar surface area (TPSA) is 33.1 Å². The van der Waals surface area contributed by atoms with E-state index in [-0.39, 0.29) is 0 Å². The summed E-state index contributed by atoms with van der Waals surface area (Å²) in [6, 6.07) is 18.2. The van der Waals surface area contributed by atoms with Crippen molar-refractivity contribution in [2.24, 2.45) is 0 Å². The molecule has 2 nitrogen and oxygen atoms in total. The summed E-state index contributed by atoms with van der Waals surface area (Å²) in [6.07, 6.45) is 1.72. The first-order valence-electron chi connectivity index (χ1n) is 6.46. The van der Waals surface area contributed by atoms with Crippen LogP contribution in [0.2, 0.25) is 0 Å². The molecule has 20 heavy (non-hydrogen) atoms. The third-order valence-corrected chi connectivity index (χ3v) is 4.39. The number of thiazole rings is 1. The molecule has 3 heteroatoms. The van der Waals surface area contributed by atoms with Crippen LogP contribution in [0, 0.1) is 0 Å². The van der Waals surface area contributed by atoms with Gasteiger partial charge < -0.3 is 5.11 Å². The number of rotatable bonds is 3. The Bertz CT molecular complexity index is 673. The van der Waals surface area contributed by atoms with E-state index in [4.69, 9.17) is 0 Å². The molecule has 0 aliphatic carbocycles. The van der Waals surface area contributed by atoms with Gasteiger partial charge in [-0.1, -0.05) is 54.6 Å². The van der Waals surface area contributed by atoms with Crippen LogP contribution >= 0.6 is 11.3 Å². The van der Waals surface area contributed by atoms with Crippen molar-refractivity contribution in [3.63, 3.8) is 0 Å². The molecular weight excluding hydrogens is 266 g/mol. The molecule has 100 valence electrons. The molecule has 3 rings (SSSR count). The molecular formula is C17H15NOS. The Balaban J connectivity index is 1.94. The highest BCUT2D eigenvalue weighted by molar-refractivity contribution is 7.09. The van der Waals surface area contributed by atoms with Crippen LogP contribution in [0.4, 0.5) is 0 Å². The highest BCUT2D eigenvalue weighted by Crippen LogP contribution is 2.31. The molecule has 0 aliphatic heterocycles. The molecule has 3 aromatic rings. The van der Waals surface area contributed by atoms with Crippen LogP contribution in [0.5, 0.6) is 0 Å². The lowest BCUT2D eigenvalue weighted by molar-refractivity contribution is 0.102. The Morgan fingerprint density at radius 3 is 2.20 bits per heavy atom. The number of aliphatic hydroxyl groups is 1. The van der Waals surface area contributed by atoms with E-state index in [2.05, 4.69) is 17.1 Å². The molecule has 0 fully saturated rings. The van der Waals surface area contributed by atoms with Crippen molar-refractivity contribution in [2.75, 3.05) is 0 Å². The third-order valence-electron chi connectivity index (χ3n) is 3.40. The van der Waals surface area contributed by atoms with Crippen molar-refractivity contribution in [2.45, 2.75) is 12.5 Å². The standard InChI is InChI=1S/C17H15NOS/c1-17(19,16-18-11-12-20-16)15-9-7-14(8-10-15)13-5-3-2-4-6-13/h2-12,19H,1H3. The quantitative estimate of drug-likeness (QED) is 0.785. The lowest BCUT2D eigenvalue weighted by Gasteiger charge is -2.21. The van der Waals surface area contributed by atoms with Crippen LogP contribution in [0.15, 0.2) is 66.2 Å². The molecule has 0 spiro atoms. The lowest BCUT2D eigenvalue weighted by atomic mass is 9.94. The van der Waals surface area contributed by atoms with Crippen LogP contribution in [0.1, 0.15) is 17.5 Å². The summed E-state index contributed by atoms with van der Waals surface area (Å²) in [5, 5.41) is 13.2. The van der Waals surface area contributed by atoms with E-state index in [1.807, 2.05) is 47.8 Å². The molecule has 1 N–H and O–H groups in total. The van der Waals surface area contributed by atoms with Gasteiger partial charge in [0, 0.05) is 11.6 Å². The minimum absolute atomic E-state index is 0.713. The molecule has 0 aliphatic rings. The Morgan fingerprint density at radius 2 is 1.60 bits per heavy atom. The fraction of sp³-hybridized carbons (Fsp3) is 0.118. The van der Waals surface area contributed by atoms with Crippen molar-refractivity contribution in [3.8, 4) is 11.1 Å². The van der Waals surface area contributed by atoms with Crippen molar-refractivity contribution >= 4 is 11.3 Å². The average Bonchev–Trinajstić information content (AvgIpc) is 3.03. The van der Waals surface area contributed by atoms with Gasteiger partial charge in [-0.05, 0) is 23.6 Å². The maximum Gasteiger partial charge on any atom is 0.138 e. The summed E-state index contributed by atoms with van der Waals surface area (Å²) >= 11 is 1.46. The van der Waals surface area contributed by atoms with Gasteiger partial charge in [0.1, 0.15) is 10.6 Å². The zero-order valence-electron chi connectivity index (χ0n) is 11.2. The summed E-state index contributed by atoms with van der Waals surface area (Å²) in [6.45, 7) is 1.78. The Hall–Kier alpha value is -1.97. The van der Waals surface area contributed by atoms with E-state index in [1.54, 1.807) is 13.1 Å². The first-order valence-corrected chi connectivity index (χ1v) is 7.34. The van der Waals surface area contributed by atoms with Crippen LogP contribution in [0.25, 0.3) is 11.1 Å². The Kier molecular flexibility index (Phi) is 3.38. The Labute approximate surface area is 122 Å². The van der Waals surface area contributed by atoms with E-state index in [0.29, 0.717) is 5.01 Å². The van der Waals surface area contributed by atoms with Gasteiger partial charge in [0.25, 0.3) is 0 Å². The summed E-state index contributed by atoms with van der Waals surface area (Å²) in [5.74, 6) is 0. The van der Waals surface area contributed by atoms with Gasteiger partial charge in [-0.2, -0.15) is 0 Å². The summed E-state index contributed by atoms with van der Waals surface area (Å²) in [4.78, 5) is 4.21. The van der Waals surface area contributed by atoms with Crippen molar-refractivity contribution in [3.05, 3.63) is 76.7 Å². The lowest BCUT2D eigenvalue weighted by Crippen LogP contribution is -2.22. The average molecular weight is 281 g/mol. The van der Waals surface area contributed by atoms with Gasteiger partial charge in [-0.25, -0.2) is 4.98 Å². The zero-order valence-corrected chi connectivity index (χ0v) is 12.0. The van der Waals surface area contributed by atoms with Gasteiger partial charge in [-0.15, -0.1) is 11.3 Å². The molecule has 2 aromatic carbocycles. The second kappa shape index (κ2) is 5.19. The van der Waals surface area contributed by atoms with Crippen LogP contribution in [0.3, 0.4) is 0 Å². The number of hydrogen-bond acceptors (Lipinski definition) is 3. The second-order valence-corrected chi connectivity index (χ2v) is 5.75. The van der Waals surface area contributed by atoms with Gasteiger partial charge in [0.05, 0.1) is 0 Å². The molecule has 1 heterocycles. The molecule has 0 saturated heterocycles. The van der Waals surface area contributed by atoms with Gasteiger partial charge in [-0.3, -0.25) is 0 Å². The van der Waals surface area contributed by atoms with Gasteiger partial charge in [0.15, 0.2) is 0 Å². The third kappa shape index (κ3) is 2.38. The summed E-state index contributed by atoms with van der Waals surface area (Å²) in [5.41, 5.74) is 2.13. The Morgan fingerprint density at radius 1 is 0.950 bits per heavy atom. The smallest absolute Gasteiger partial charge is 0.138 e. The zero-order chi connectivity index (χ0) is 14.0. The van der Waals surface area contributed by atoms with Gasteiger partial charge >= 0.3 is 0 Å². The minimum atomic E-state index is -1.04. The highest BCUT2D eigenvalue weighted by Gasteiger charge is 2.28. The van der Waals surface area contributed by atoms with Gasteiger partial charge in [0.2, 0.25) is 0 Å². The molecule has 1 aromatic heterocycles. The fourth-order valence-corrected chi connectivity index (χ4v) is 2.92. The number of nitrogens with zero attached hydrogens (tertiary/aromatic N) is 1. The minimum Gasteiger partial charge on any atom is -0.378 e. The SMILES string of the molecule is CC(O)(c1ccc(-c2ccccc2)cc1)c1nccs1. The molecule has 1 atom stereocenters. The fourth-order valence-electron chi connectivity index (χ4n) is 2.21. The monoisotopic (exact) mass is 281 g/mol. The van der Waals surface area contributed by atoms with E-state index in [9.17, 15) is 5.11 Å². The van der Waals surface area contributed by atoms with Crippen LogP contribution < -0.4 is 0 Å². The first kappa shape index (κ1) is 13.0. The highest BCUT2D eigenvalue weighted by atomic mass is 32.1. The maximum atomic E-state index is 10.7. The predicted molar refractivity (Wildman–Crippen MR) is 82.7 cm³/mol. The molecule has 0 amide bonds. The van der Waals surface area contributed by atoms with Crippen molar-refractivity contribution < 1.29 is 5.11 Å². The number of benzene rings is 2. The first-order chi connectivity index (χ1) is 9.68. The molecule has 1 unspecified atom stereocenters. The molecule has 0 radical (unpaired) electrons. The number of hydrogen-bond donors (Lipinski definition) is 1. The van der Waals surface area contributed by atoms with E-state index in [0.717, 1.165) is 11.1 Å².